The number of aromatic nitrogens is 1. The van der Waals surface area contributed by atoms with Gasteiger partial charge in [0.1, 0.15) is 0 Å². The van der Waals surface area contributed by atoms with Crippen molar-refractivity contribution >= 4 is 22.6 Å². The molecule has 0 saturated carbocycles. The van der Waals surface area contributed by atoms with Crippen LogP contribution in [-0.4, -0.2) is 30.8 Å². The van der Waals surface area contributed by atoms with Crippen LogP contribution in [0, 0.1) is 0 Å². The van der Waals surface area contributed by atoms with E-state index in [0.29, 0.717) is 11.2 Å². The number of H-pyrrole nitrogens is 1. The summed E-state index contributed by atoms with van der Waals surface area (Å²) < 4.78 is 44.0. The van der Waals surface area contributed by atoms with Crippen LogP contribution in [0.25, 0.3) is 10.9 Å². The van der Waals surface area contributed by atoms with Gasteiger partial charge in [-0.1, -0.05) is 0 Å². The second-order valence-corrected chi connectivity index (χ2v) is 4.62. The number of carbonyl (C=O) groups is 1. The van der Waals surface area contributed by atoms with Crippen molar-refractivity contribution in [3.8, 4) is 0 Å². The molecule has 2 aromatic rings. The first-order chi connectivity index (χ1) is 9.43. The van der Waals surface area contributed by atoms with Crippen LogP contribution in [0.15, 0.2) is 18.3 Å². The average Bonchev–Trinajstić information content (AvgIpc) is 2.99. The summed E-state index contributed by atoms with van der Waals surface area (Å²) in [7, 11) is 1.20. The van der Waals surface area contributed by atoms with Gasteiger partial charge in [0.15, 0.2) is 0 Å². The molecule has 0 amide bonds. The highest BCUT2D eigenvalue weighted by atomic mass is 19.4. The molecule has 2 N–H and O–H groups in total. The van der Waals surface area contributed by atoms with Gasteiger partial charge in [-0.3, -0.25) is 0 Å². The van der Waals surface area contributed by atoms with Crippen LogP contribution < -0.4 is 5.32 Å². The molecule has 1 unspecified atom stereocenters. The zero-order valence-corrected chi connectivity index (χ0v) is 10.5. The maximum atomic E-state index is 13.1. The van der Waals surface area contributed by atoms with Crippen molar-refractivity contribution in [3.63, 3.8) is 0 Å². The molecule has 2 heterocycles. The number of anilines is 1. The average molecular weight is 284 g/mol. The number of alkyl halides is 3. The van der Waals surface area contributed by atoms with E-state index in [9.17, 15) is 18.0 Å². The van der Waals surface area contributed by atoms with E-state index in [1.54, 1.807) is 12.1 Å². The molecule has 0 spiro atoms. The highest BCUT2D eigenvalue weighted by Gasteiger charge is 2.46. The van der Waals surface area contributed by atoms with Crippen LogP contribution in [0.1, 0.15) is 21.8 Å². The maximum Gasteiger partial charge on any atom is 0.397 e. The minimum absolute atomic E-state index is 0.108. The Bertz CT molecular complexity index is 691. The lowest BCUT2D eigenvalue weighted by atomic mass is 9.95. The number of esters is 1. The van der Waals surface area contributed by atoms with Gasteiger partial charge in [-0.2, -0.15) is 13.2 Å². The van der Waals surface area contributed by atoms with Gasteiger partial charge in [-0.25, -0.2) is 4.79 Å². The Balaban J connectivity index is 2.29. The van der Waals surface area contributed by atoms with E-state index in [4.69, 9.17) is 0 Å². The molecule has 0 saturated heterocycles. The second kappa shape index (κ2) is 4.16. The molecule has 1 aliphatic heterocycles. The number of rotatable bonds is 1. The molecule has 0 bridgehead atoms. The van der Waals surface area contributed by atoms with E-state index in [1.165, 1.54) is 13.3 Å². The molecule has 1 aliphatic rings. The van der Waals surface area contributed by atoms with Gasteiger partial charge in [-0.05, 0) is 17.7 Å². The van der Waals surface area contributed by atoms with Crippen molar-refractivity contribution in [2.75, 3.05) is 19.0 Å². The normalized spacial score (nSPS) is 17.9. The van der Waals surface area contributed by atoms with Crippen molar-refractivity contribution < 1.29 is 22.7 Å². The number of carbonyl (C=O) groups excluding carboxylic acids is 1. The highest BCUT2D eigenvalue weighted by molar-refractivity contribution is 6.07. The zero-order valence-electron chi connectivity index (χ0n) is 10.5. The molecule has 7 heteroatoms. The molecule has 3 rings (SSSR count). The molecular weight excluding hydrogens is 273 g/mol. The predicted octanol–water partition coefficient (Wildman–Crippen LogP) is 3.03. The van der Waals surface area contributed by atoms with Gasteiger partial charge in [0, 0.05) is 29.3 Å². The SMILES string of the molecule is COC(=O)c1c[nH]c2ccc3c(c12)C(C(F)(F)F)CN3. The first-order valence-corrected chi connectivity index (χ1v) is 5.96. The summed E-state index contributed by atoms with van der Waals surface area (Å²) in [5.74, 6) is -2.28. The Kier molecular flexibility index (Phi) is 2.67. The topological polar surface area (TPSA) is 54.1 Å². The molecule has 106 valence electrons. The summed E-state index contributed by atoms with van der Waals surface area (Å²) >= 11 is 0. The number of methoxy groups -OCH3 is 1. The molecule has 0 aliphatic carbocycles. The molecule has 20 heavy (non-hydrogen) atoms. The first kappa shape index (κ1) is 12.8. The third-order valence-electron chi connectivity index (χ3n) is 3.53. The van der Waals surface area contributed by atoms with Crippen molar-refractivity contribution in [1.29, 1.82) is 0 Å². The van der Waals surface area contributed by atoms with Gasteiger partial charge >= 0.3 is 12.1 Å². The maximum absolute atomic E-state index is 13.1. The molecule has 0 radical (unpaired) electrons. The largest absolute Gasteiger partial charge is 0.465 e. The van der Waals surface area contributed by atoms with E-state index in [0.717, 1.165) is 0 Å². The number of hydrogen-bond donors (Lipinski definition) is 2. The fourth-order valence-electron chi connectivity index (χ4n) is 2.63. The summed E-state index contributed by atoms with van der Waals surface area (Å²) in [4.78, 5) is 14.5. The Morgan fingerprint density at radius 3 is 2.80 bits per heavy atom. The van der Waals surface area contributed by atoms with Crippen molar-refractivity contribution in [2.24, 2.45) is 0 Å². The third-order valence-corrected chi connectivity index (χ3v) is 3.53. The fourth-order valence-corrected chi connectivity index (χ4v) is 2.63. The lowest BCUT2D eigenvalue weighted by Crippen LogP contribution is -2.22. The zero-order chi connectivity index (χ0) is 14.5. The summed E-state index contributed by atoms with van der Waals surface area (Å²) in [6.45, 7) is -0.219. The number of hydrogen-bond acceptors (Lipinski definition) is 3. The molecule has 1 aromatic heterocycles. The second-order valence-electron chi connectivity index (χ2n) is 4.62. The summed E-state index contributed by atoms with van der Waals surface area (Å²) in [5.41, 5.74) is 1.13. The summed E-state index contributed by atoms with van der Waals surface area (Å²) in [5, 5.41) is 3.02. The minimum atomic E-state index is -4.36. The van der Waals surface area contributed by atoms with Crippen LogP contribution in [0.2, 0.25) is 0 Å². The van der Waals surface area contributed by atoms with Gasteiger partial charge < -0.3 is 15.0 Å². The van der Waals surface area contributed by atoms with Gasteiger partial charge in [-0.15, -0.1) is 0 Å². The fraction of sp³-hybridized carbons (Fsp3) is 0.308. The standard InChI is InChI=1S/C13H11F3N2O2/c1-20-12(19)6-4-17-8-2-3-9-11(10(6)8)7(5-18-9)13(14,15)16/h2-4,7,17-18H,5H2,1H3. The predicted molar refractivity (Wildman–Crippen MR) is 66.9 cm³/mol. The molecule has 1 atom stereocenters. The third kappa shape index (κ3) is 1.73. The molecule has 0 fully saturated rings. The number of benzene rings is 1. The number of ether oxygens (including phenoxy) is 1. The Morgan fingerprint density at radius 1 is 1.40 bits per heavy atom. The van der Waals surface area contributed by atoms with Gasteiger partial charge in [0.05, 0.1) is 18.6 Å². The number of aromatic amines is 1. The van der Waals surface area contributed by atoms with Crippen molar-refractivity contribution in [2.45, 2.75) is 12.1 Å². The smallest absolute Gasteiger partial charge is 0.397 e. The minimum Gasteiger partial charge on any atom is -0.465 e. The van der Waals surface area contributed by atoms with Crippen LogP contribution in [0.5, 0.6) is 0 Å². The Morgan fingerprint density at radius 2 is 2.15 bits per heavy atom. The van der Waals surface area contributed by atoms with Crippen LogP contribution >= 0.6 is 0 Å². The van der Waals surface area contributed by atoms with Gasteiger partial charge in [0.25, 0.3) is 0 Å². The van der Waals surface area contributed by atoms with E-state index in [-0.39, 0.29) is 23.1 Å². The van der Waals surface area contributed by atoms with Crippen LogP contribution in [-0.2, 0) is 4.74 Å². The number of nitrogens with one attached hydrogen (secondary N) is 2. The lowest BCUT2D eigenvalue weighted by Gasteiger charge is -2.15. The molecule has 1 aromatic carbocycles. The highest BCUT2D eigenvalue weighted by Crippen LogP contribution is 2.46. The van der Waals surface area contributed by atoms with E-state index < -0.39 is 18.1 Å². The van der Waals surface area contributed by atoms with E-state index in [1.807, 2.05) is 0 Å². The van der Waals surface area contributed by atoms with Crippen molar-refractivity contribution in [1.82, 2.24) is 4.98 Å². The molecular formula is C13H11F3N2O2. The van der Waals surface area contributed by atoms with Gasteiger partial charge in [0.2, 0.25) is 0 Å². The van der Waals surface area contributed by atoms with Crippen molar-refractivity contribution in [3.05, 3.63) is 29.5 Å². The quantitative estimate of drug-likeness (QED) is 0.791. The summed E-state index contributed by atoms with van der Waals surface area (Å²) in [6.07, 6.45) is -2.99. The molecule has 4 nitrogen and oxygen atoms in total. The monoisotopic (exact) mass is 284 g/mol. The van der Waals surface area contributed by atoms with E-state index >= 15 is 0 Å². The Hall–Kier alpha value is -2.18. The van der Waals surface area contributed by atoms with E-state index in [2.05, 4.69) is 15.0 Å². The first-order valence-electron chi connectivity index (χ1n) is 5.96. The lowest BCUT2D eigenvalue weighted by molar-refractivity contribution is -0.145. The Labute approximate surface area is 111 Å². The summed E-state index contributed by atoms with van der Waals surface area (Å²) in [6, 6.07) is 3.23. The number of fused-ring (bicyclic) bond motifs is 3. The number of halogens is 3. The van der Waals surface area contributed by atoms with Crippen LogP contribution in [0.4, 0.5) is 18.9 Å². The van der Waals surface area contributed by atoms with Crippen LogP contribution in [0.3, 0.4) is 0 Å².